The molecule has 5 aromatic rings. The summed E-state index contributed by atoms with van der Waals surface area (Å²) in [7, 11) is 3.22. The number of hydrogen-bond donors (Lipinski definition) is 3. The first-order valence-electron chi connectivity index (χ1n) is 25.1. The van der Waals surface area contributed by atoms with Crippen molar-refractivity contribution in [1.82, 2.24) is 45.4 Å². The van der Waals surface area contributed by atoms with E-state index in [2.05, 4.69) is 50.9 Å². The van der Waals surface area contributed by atoms with E-state index in [1.165, 1.54) is 21.4 Å². The zero-order chi connectivity index (χ0) is 50.9. The summed E-state index contributed by atoms with van der Waals surface area (Å²) < 4.78 is 60.9. The number of hydrogen-bond acceptors (Lipinski definition) is 14. The molecule has 18 nitrogen and oxygen atoms in total. The Morgan fingerprint density at radius 3 is 2.31 bits per heavy atom. The molecule has 6 heterocycles. The van der Waals surface area contributed by atoms with E-state index in [0.717, 1.165) is 86.1 Å². The van der Waals surface area contributed by atoms with Gasteiger partial charge in [0, 0.05) is 81.5 Å². The third-order valence-corrected chi connectivity index (χ3v) is 15.2. The Balaban J connectivity index is 0.756. The van der Waals surface area contributed by atoms with Crippen LogP contribution in [-0.2, 0) is 26.1 Å². The van der Waals surface area contributed by atoms with Crippen molar-refractivity contribution in [3.63, 3.8) is 0 Å². The third kappa shape index (κ3) is 12.4. The number of rotatable bonds is 21. The van der Waals surface area contributed by atoms with Gasteiger partial charge in [0.25, 0.3) is 17.7 Å². The van der Waals surface area contributed by atoms with E-state index in [1.54, 1.807) is 42.5 Å². The number of ether oxygens (including phenoxy) is 4. The Kier molecular flexibility index (Phi) is 17.8. The van der Waals surface area contributed by atoms with Crippen LogP contribution in [0, 0.1) is 24.5 Å². The van der Waals surface area contributed by atoms with Crippen molar-refractivity contribution in [2.24, 2.45) is 13.0 Å². The molecular weight excluding hydrogens is 953 g/mol. The zero-order valence-corrected chi connectivity index (χ0v) is 42.6. The van der Waals surface area contributed by atoms with Crippen molar-refractivity contribution in [3.8, 4) is 11.6 Å². The van der Waals surface area contributed by atoms with E-state index in [-0.39, 0.29) is 118 Å². The molecule has 2 aliphatic heterocycles. The number of fused-ring (bicyclic) bond motifs is 2. The second-order valence-corrected chi connectivity index (χ2v) is 20.1. The number of pyridine rings is 1. The molecule has 21 heteroatoms. The van der Waals surface area contributed by atoms with Crippen LogP contribution in [0.2, 0.25) is 0 Å². The van der Waals surface area contributed by atoms with Crippen LogP contribution in [0.3, 0.4) is 0 Å². The van der Waals surface area contributed by atoms with Crippen molar-refractivity contribution >= 4 is 56.1 Å². The van der Waals surface area contributed by atoms with Gasteiger partial charge in [0.15, 0.2) is 17.4 Å². The van der Waals surface area contributed by atoms with Crippen LogP contribution in [-0.4, -0.2) is 157 Å². The summed E-state index contributed by atoms with van der Waals surface area (Å²) in [6.45, 7) is 9.52. The maximum Gasteiger partial charge on any atom is 0.271 e. The number of aromatic nitrogens is 3. The minimum absolute atomic E-state index is 0.0114. The molecule has 1 unspecified atom stereocenters. The fourth-order valence-corrected chi connectivity index (χ4v) is 10.8. The van der Waals surface area contributed by atoms with E-state index < -0.39 is 35.5 Å². The van der Waals surface area contributed by atoms with Crippen molar-refractivity contribution in [2.45, 2.75) is 89.9 Å². The minimum atomic E-state index is -1.16. The molecule has 3 atom stereocenters. The lowest BCUT2D eigenvalue weighted by atomic mass is 9.83. The molecule has 3 fully saturated rings. The second-order valence-electron chi connectivity index (χ2n) is 18.9. The molecule has 0 bridgehead atoms. The summed E-state index contributed by atoms with van der Waals surface area (Å²) in [6.07, 6.45) is 8.45. The normalized spacial score (nSPS) is 17.5. The van der Waals surface area contributed by atoms with Gasteiger partial charge >= 0.3 is 0 Å². The highest BCUT2D eigenvalue weighted by Gasteiger charge is 2.38. The molecule has 3 aliphatic rings. The summed E-state index contributed by atoms with van der Waals surface area (Å²) in [6, 6.07) is 6.59. The van der Waals surface area contributed by atoms with Gasteiger partial charge in [-0.15, -0.1) is 11.3 Å². The SMILES string of the molecule is CN[C@@H](C)C(=O)N[C@H](C(=O)N1CCN(C(=O)c2c(C(=O)NCCOCCOCCOc3cc(C(C)N4CCC(Oc5ccnc6cc(C)sc56)CC4)on3)c3cc(F)c(F)cc3n2C)CC1)C1CCCCC1. The lowest BCUT2D eigenvalue weighted by Crippen LogP contribution is -2.59. The summed E-state index contributed by atoms with van der Waals surface area (Å²) >= 11 is 1.70. The van der Waals surface area contributed by atoms with Crippen molar-refractivity contribution in [2.75, 3.05) is 85.9 Å². The molecule has 2 saturated heterocycles. The molecule has 72 heavy (non-hydrogen) atoms. The number of amides is 4. The lowest BCUT2D eigenvalue weighted by molar-refractivity contribution is -0.140. The number of aryl methyl sites for hydroxylation is 2. The Morgan fingerprint density at radius 2 is 1.57 bits per heavy atom. The van der Waals surface area contributed by atoms with Gasteiger partial charge in [0.2, 0.25) is 11.8 Å². The number of nitrogens with one attached hydrogen (secondary N) is 3. The lowest BCUT2D eigenvalue weighted by Gasteiger charge is -2.39. The van der Waals surface area contributed by atoms with Crippen molar-refractivity contribution in [3.05, 3.63) is 70.1 Å². The van der Waals surface area contributed by atoms with E-state index in [4.69, 9.17) is 23.5 Å². The summed E-state index contributed by atoms with van der Waals surface area (Å²) in [5.74, 6) is -1.88. The van der Waals surface area contributed by atoms with Gasteiger partial charge in [-0.2, -0.15) is 0 Å². The second kappa shape index (κ2) is 24.3. The van der Waals surface area contributed by atoms with Gasteiger partial charge in [-0.1, -0.05) is 19.3 Å². The fraction of sp³-hybridized carbons (Fsp3) is 0.569. The number of likely N-dealkylation sites (N-methyl/N-ethyl adjacent to an activating group) is 1. The quantitative estimate of drug-likeness (QED) is 0.0752. The first kappa shape index (κ1) is 52.6. The summed E-state index contributed by atoms with van der Waals surface area (Å²) in [5, 5.41) is 12.9. The number of halogens is 2. The van der Waals surface area contributed by atoms with Gasteiger partial charge in [-0.25, -0.2) is 8.78 Å². The number of carbonyl (C=O) groups is 4. The Hall–Kier alpha value is -5.74. The zero-order valence-electron chi connectivity index (χ0n) is 41.8. The number of thiophene rings is 1. The molecule has 1 saturated carbocycles. The van der Waals surface area contributed by atoms with Crippen LogP contribution in [0.1, 0.15) is 96.3 Å². The topological polar surface area (TPSA) is 195 Å². The molecule has 390 valence electrons. The van der Waals surface area contributed by atoms with Crippen LogP contribution < -0.4 is 25.4 Å². The van der Waals surface area contributed by atoms with Crippen LogP contribution >= 0.6 is 11.3 Å². The number of likely N-dealkylation sites (tertiary alicyclic amines) is 1. The van der Waals surface area contributed by atoms with E-state index in [0.29, 0.717) is 11.6 Å². The maximum atomic E-state index is 14.7. The van der Waals surface area contributed by atoms with Crippen LogP contribution in [0.25, 0.3) is 21.1 Å². The third-order valence-electron chi connectivity index (χ3n) is 14.2. The monoisotopic (exact) mass is 1020 g/mol. The molecule has 3 N–H and O–H groups in total. The van der Waals surface area contributed by atoms with Gasteiger partial charge < -0.3 is 53.8 Å². The predicted octanol–water partition coefficient (Wildman–Crippen LogP) is 5.77. The first-order valence-corrected chi connectivity index (χ1v) is 25.9. The number of carbonyl (C=O) groups excluding carboxylic acids is 4. The minimum Gasteiger partial charge on any atom is -0.489 e. The van der Waals surface area contributed by atoms with E-state index >= 15 is 0 Å². The van der Waals surface area contributed by atoms with Crippen molar-refractivity contribution in [1.29, 1.82) is 0 Å². The first-order chi connectivity index (χ1) is 34.8. The highest BCUT2D eigenvalue weighted by atomic mass is 32.1. The Bertz CT molecular complexity index is 2670. The van der Waals surface area contributed by atoms with Crippen molar-refractivity contribution < 1.29 is 51.4 Å². The molecule has 0 radical (unpaired) electrons. The largest absolute Gasteiger partial charge is 0.489 e. The standard InChI is InChI=1S/C51H67F2N9O9S/c1-31-27-39-47(72-31)41(11-14-55-39)70-35-12-16-60(17-13-35)33(3)42-30-43(58-71-42)69-26-25-68-24-23-67-22-15-56-49(64)44-36-28-37(52)38(53)29-40(36)59(5)46(44)51(66)62-20-18-61(19-21-62)50(65)45(34-9-7-6-8-10-34)57-48(63)32(2)54-4/h11,14,27-30,32-35,45,54H,6-10,12-13,15-26H2,1-5H3,(H,56,64)(H,57,63)/t32-,33?,45-/m0/s1. The molecule has 4 aromatic heterocycles. The molecular formula is C51H67F2N9O9S. The number of nitrogens with zero attached hydrogens (tertiary/aromatic N) is 6. The summed E-state index contributed by atoms with van der Waals surface area (Å²) in [4.78, 5) is 66.3. The number of piperidine rings is 1. The predicted molar refractivity (Wildman–Crippen MR) is 266 cm³/mol. The average molecular weight is 1020 g/mol. The highest BCUT2D eigenvalue weighted by Crippen LogP contribution is 2.35. The fourth-order valence-electron chi connectivity index (χ4n) is 9.90. The van der Waals surface area contributed by atoms with Crippen LogP contribution in [0.5, 0.6) is 11.6 Å². The molecule has 4 amide bonds. The van der Waals surface area contributed by atoms with Gasteiger partial charge in [0.1, 0.15) is 30.2 Å². The van der Waals surface area contributed by atoms with Gasteiger partial charge in [-0.3, -0.25) is 29.1 Å². The van der Waals surface area contributed by atoms with E-state index in [1.807, 2.05) is 6.07 Å². The smallest absolute Gasteiger partial charge is 0.271 e. The molecule has 0 spiro atoms. The molecule has 8 rings (SSSR count). The highest BCUT2D eigenvalue weighted by molar-refractivity contribution is 7.19. The number of piperazine rings is 1. The van der Waals surface area contributed by atoms with Crippen LogP contribution in [0.15, 0.2) is 41.1 Å². The van der Waals surface area contributed by atoms with E-state index in [9.17, 15) is 28.0 Å². The van der Waals surface area contributed by atoms with Gasteiger partial charge in [-0.05, 0) is 82.8 Å². The maximum absolute atomic E-state index is 14.7. The Morgan fingerprint density at radius 1 is 0.875 bits per heavy atom. The molecule has 1 aromatic carbocycles. The average Bonchev–Trinajstić information content (AvgIpc) is 4.11. The number of benzene rings is 1. The van der Waals surface area contributed by atoms with Crippen LogP contribution in [0.4, 0.5) is 8.78 Å². The Labute approximate surface area is 422 Å². The summed E-state index contributed by atoms with van der Waals surface area (Å²) in [5.41, 5.74) is 1.02. The molecule has 1 aliphatic carbocycles. The van der Waals surface area contributed by atoms with Gasteiger partial charge in [0.05, 0.1) is 59.8 Å².